The van der Waals surface area contributed by atoms with Gasteiger partial charge in [0.05, 0.1) is 5.92 Å². The van der Waals surface area contributed by atoms with Gasteiger partial charge >= 0.3 is 5.97 Å². The van der Waals surface area contributed by atoms with Gasteiger partial charge in [0.25, 0.3) is 0 Å². The lowest BCUT2D eigenvalue weighted by Crippen LogP contribution is -2.41. The fourth-order valence-electron chi connectivity index (χ4n) is 3.25. The van der Waals surface area contributed by atoms with Gasteiger partial charge in [0.15, 0.2) is 0 Å². The lowest BCUT2D eigenvalue weighted by atomic mass is 9.89. The van der Waals surface area contributed by atoms with Crippen molar-refractivity contribution in [2.75, 3.05) is 31.9 Å². The van der Waals surface area contributed by atoms with Crippen molar-refractivity contribution in [3.8, 4) is 0 Å². The van der Waals surface area contributed by atoms with Gasteiger partial charge in [0.1, 0.15) is 5.75 Å². The molecule has 0 bridgehead atoms. The topological polar surface area (TPSA) is 95.0 Å². The molecular formula is C17H24N2O5S. The third-order valence-corrected chi connectivity index (χ3v) is 6.54. The Morgan fingerprint density at radius 1 is 1.16 bits per heavy atom. The molecule has 25 heavy (non-hydrogen) atoms. The van der Waals surface area contributed by atoms with Crippen LogP contribution in [0.15, 0.2) is 30.3 Å². The second-order valence-electron chi connectivity index (χ2n) is 6.10. The van der Waals surface area contributed by atoms with Crippen LogP contribution in [0.1, 0.15) is 25.3 Å². The van der Waals surface area contributed by atoms with Gasteiger partial charge in [-0.2, -0.15) is 0 Å². The zero-order chi connectivity index (χ0) is 18.6. The van der Waals surface area contributed by atoms with Crippen LogP contribution in [0, 0.1) is 5.92 Å². The number of sulfonamides is 1. The fourth-order valence-corrected chi connectivity index (χ4v) is 4.72. The van der Waals surface area contributed by atoms with Gasteiger partial charge < -0.3 is 10.0 Å². The molecule has 0 saturated carbocycles. The smallest absolute Gasteiger partial charge is 0.308 e. The molecule has 8 heteroatoms. The highest BCUT2D eigenvalue weighted by Crippen LogP contribution is 2.33. The van der Waals surface area contributed by atoms with Crippen molar-refractivity contribution >= 4 is 21.9 Å². The van der Waals surface area contributed by atoms with Gasteiger partial charge in [0, 0.05) is 32.1 Å². The van der Waals surface area contributed by atoms with Gasteiger partial charge in [0.2, 0.25) is 15.9 Å². The number of carbonyl (C=O) groups excluding carboxylic acids is 1. The van der Waals surface area contributed by atoms with Crippen LogP contribution >= 0.6 is 0 Å². The first-order chi connectivity index (χ1) is 11.8. The van der Waals surface area contributed by atoms with Crippen LogP contribution in [0.25, 0.3) is 0 Å². The third kappa shape index (κ3) is 4.38. The van der Waals surface area contributed by atoms with Crippen molar-refractivity contribution < 1.29 is 23.1 Å². The summed E-state index contributed by atoms with van der Waals surface area (Å²) in [6, 6.07) is 9.16. The Morgan fingerprint density at radius 2 is 1.76 bits per heavy atom. The van der Waals surface area contributed by atoms with Crippen molar-refractivity contribution in [1.29, 1.82) is 0 Å². The van der Waals surface area contributed by atoms with Crippen LogP contribution < -0.4 is 0 Å². The average Bonchev–Trinajstić information content (AvgIpc) is 3.02. The number of nitrogens with zero attached hydrogens (tertiary/aromatic N) is 2. The molecule has 0 spiro atoms. The molecule has 0 aromatic heterocycles. The van der Waals surface area contributed by atoms with Gasteiger partial charge in [-0.15, -0.1) is 0 Å². The van der Waals surface area contributed by atoms with Crippen LogP contribution in [0.5, 0.6) is 0 Å². The lowest BCUT2D eigenvalue weighted by Gasteiger charge is -2.21. The minimum absolute atomic E-state index is 0.0293. The summed E-state index contributed by atoms with van der Waals surface area (Å²) >= 11 is 0. The van der Waals surface area contributed by atoms with E-state index in [-0.39, 0.29) is 19.0 Å². The first-order valence-electron chi connectivity index (χ1n) is 8.33. The van der Waals surface area contributed by atoms with E-state index in [1.165, 1.54) is 9.21 Å². The Hall–Kier alpha value is -1.93. The molecule has 2 rings (SSSR count). The van der Waals surface area contributed by atoms with E-state index < -0.39 is 33.6 Å². The number of hydrogen-bond acceptors (Lipinski definition) is 4. The van der Waals surface area contributed by atoms with E-state index in [1.54, 1.807) is 13.8 Å². The molecule has 1 N–H and O–H groups in total. The Morgan fingerprint density at radius 3 is 2.28 bits per heavy atom. The van der Waals surface area contributed by atoms with Crippen molar-refractivity contribution in [1.82, 2.24) is 9.21 Å². The molecule has 1 fully saturated rings. The quantitative estimate of drug-likeness (QED) is 0.774. The second-order valence-corrected chi connectivity index (χ2v) is 8.07. The van der Waals surface area contributed by atoms with Gasteiger partial charge in [-0.3, -0.25) is 9.59 Å². The number of benzene rings is 1. The van der Waals surface area contributed by atoms with Crippen molar-refractivity contribution in [3.63, 3.8) is 0 Å². The number of carboxylic acid groups (broad SMARTS) is 1. The summed E-state index contributed by atoms with van der Waals surface area (Å²) in [4.78, 5) is 25.4. The maximum atomic E-state index is 12.5. The Bertz CT molecular complexity index is 716. The predicted molar refractivity (Wildman–Crippen MR) is 93.6 cm³/mol. The number of rotatable bonds is 7. The fraction of sp³-hybridized carbons (Fsp3) is 0.529. The molecule has 1 aromatic carbocycles. The molecule has 1 aromatic rings. The molecule has 1 aliphatic heterocycles. The van der Waals surface area contributed by atoms with Gasteiger partial charge in [-0.05, 0) is 5.56 Å². The zero-order valence-corrected chi connectivity index (χ0v) is 15.3. The highest BCUT2D eigenvalue weighted by molar-refractivity contribution is 7.89. The van der Waals surface area contributed by atoms with Crippen LogP contribution in [-0.2, 0) is 19.6 Å². The van der Waals surface area contributed by atoms with Crippen molar-refractivity contribution in [3.05, 3.63) is 35.9 Å². The van der Waals surface area contributed by atoms with E-state index in [2.05, 4.69) is 0 Å². The van der Waals surface area contributed by atoms with E-state index >= 15 is 0 Å². The minimum Gasteiger partial charge on any atom is -0.481 e. The molecule has 2 unspecified atom stereocenters. The molecule has 0 aliphatic carbocycles. The maximum Gasteiger partial charge on any atom is 0.308 e. The van der Waals surface area contributed by atoms with E-state index in [0.29, 0.717) is 13.1 Å². The first-order valence-corrected chi connectivity index (χ1v) is 9.94. The Labute approximate surface area is 148 Å². The molecule has 1 saturated heterocycles. The summed E-state index contributed by atoms with van der Waals surface area (Å²) in [7, 11) is -3.68. The third-order valence-electron chi connectivity index (χ3n) is 4.62. The monoisotopic (exact) mass is 368 g/mol. The number of amides is 1. The van der Waals surface area contributed by atoms with E-state index in [9.17, 15) is 23.1 Å². The molecule has 0 radical (unpaired) electrons. The molecular weight excluding hydrogens is 344 g/mol. The zero-order valence-electron chi connectivity index (χ0n) is 14.5. The average molecular weight is 368 g/mol. The van der Waals surface area contributed by atoms with E-state index in [0.717, 1.165) is 5.56 Å². The van der Waals surface area contributed by atoms with Crippen LogP contribution in [0.3, 0.4) is 0 Å². The minimum atomic E-state index is -3.68. The lowest BCUT2D eigenvalue weighted by molar-refractivity contribution is -0.141. The normalized spacial score (nSPS) is 20.8. The van der Waals surface area contributed by atoms with Crippen molar-refractivity contribution in [2.45, 2.75) is 19.8 Å². The number of hydrogen-bond donors (Lipinski definition) is 1. The van der Waals surface area contributed by atoms with E-state index in [1.807, 2.05) is 30.3 Å². The molecule has 7 nitrogen and oxygen atoms in total. The largest absolute Gasteiger partial charge is 0.481 e. The van der Waals surface area contributed by atoms with Gasteiger partial charge in [-0.25, -0.2) is 12.7 Å². The highest BCUT2D eigenvalue weighted by atomic mass is 32.2. The standard InChI is InChI=1S/C17H24N2O5S/c1-3-19(4-2)25(23,24)12-16(20)18-10-14(15(11-18)17(21)22)13-8-6-5-7-9-13/h5-9,14-15H,3-4,10-12H2,1-2H3,(H,21,22). The number of carbonyl (C=O) groups is 2. The summed E-state index contributed by atoms with van der Waals surface area (Å²) in [5.74, 6) is -3.21. The Kier molecular flexibility index (Phi) is 6.18. The van der Waals surface area contributed by atoms with Crippen LogP contribution in [0.2, 0.25) is 0 Å². The summed E-state index contributed by atoms with van der Waals surface area (Å²) in [6.45, 7) is 4.28. The summed E-state index contributed by atoms with van der Waals surface area (Å²) in [6.07, 6.45) is 0. The number of likely N-dealkylation sites (tertiary alicyclic amines) is 1. The Balaban J connectivity index is 2.15. The van der Waals surface area contributed by atoms with Crippen LogP contribution in [0.4, 0.5) is 0 Å². The maximum absolute atomic E-state index is 12.5. The summed E-state index contributed by atoms with van der Waals surface area (Å²) in [5, 5.41) is 9.48. The number of aliphatic carboxylic acids is 1. The molecule has 2 atom stereocenters. The van der Waals surface area contributed by atoms with E-state index in [4.69, 9.17) is 0 Å². The summed E-state index contributed by atoms with van der Waals surface area (Å²) in [5.41, 5.74) is 0.844. The highest BCUT2D eigenvalue weighted by Gasteiger charge is 2.41. The second kappa shape index (κ2) is 7.97. The molecule has 138 valence electrons. The SMILES string of the molecule is CCN(CC)S(=O)(=O)CC(=O)N1CC(C(=O)O)C(c2ccccc2)C1. The van der Waals surface area contributed by atoms with Crippen molar-refractivity contribution in [2.24, 2.45) is 5.92 Å². The number of carboxylic acids is 1. The predicted octanol–water partition coefficient (Wildman–Crippen LogP) is 0.985. The molecule has 1 heterocycles. The van der Waals surface area contributed by atoms with Crippen LogP contribution in [-0.4, -0.2) is 66.5 Å². The summed E-state index contributed by atoms with van der Waals surface area (Å²) < 4.78 is 25.8. The molecule has 1 amide bonds. The first kappa shape index (κ1) is 19.4. The molecule has 1 aliphatic rings. The van der Waals surface area contributed by atoms with Gasteiger partial charge in [-0.1, -0.05) is 44.2 Å².